The van der Waals surface area contributed by atoms with Crippen molar-refractivity contribution in [2.75, 3.05) is 13.1 Å². The molecule has 2 saturated heterocycles. The zero-order valence-corrected chi connectivity index (χ0v) is 15.5. The van der Waals surface area contributed by atoms with Gasteiger partial charge in [-0.25, -0.2) is 0 Å². The van der Waals surface area contributed by atoms with Gasteiger partial charge in [-0.2, -0.15) is 0 Å². The van der Waals surface area contributed by atoms with Crippen LogP contribution in [0, 0.1) is 17.8 Å². The summed E-state index contributed by atoms with van der Waals surface area (Å²) in [5.74, 6) is 2.65. The highest BCUT2D eigenvalue weighted by molar-refractivity contribution is 5.74. The largest absolute Gasteiger partial charge is 0.340 e. The summed E-state index contributed by atoms with van der Waals surface area (Å²) < 4.78 is 0. The molecule has 4 atom stereocenters. The van der Waals surface area contributed by atoms with Crippen LogP contribution in [0.5, 0.6) is 0 Å². The van der Waals surface area contributed by atoms with Crippen LogP contribution >= 0.6 is 0 Å². The van der Waals surface area contributed by atoms with Crippen molar-refractivity contribution >= 4 is 5.91 Å². The maximum absolute atomic E-state index is 11.5. The number of amides is 1. The quantitative estimate of drug-likeness (QED) is 0.714. The van der Waals surface area contributed by atoms with E-state index in [9.17, 15) is 4.79 Å². The minimum Gasteiger partial charge on any atom is -0.340 e. The molecule has 0 aliphatic carbocycles. The maximum atomic E-state index is 11.5. The van der Waals surface area contributed by atoms with Crippen LogP contribution in [-0.4, -0.2) is 46.9 Å². The first kappa shape index (κ1) is 17.8. The molecule has 0 spiro atoms. The summed E-state index contributed by atoms with van der Waals surface area (Å²) in [5.41, 5.74) is 0. The standard InChI is InChI=1S/C19H36N2O/c1-13(2)9-19-17(12-21(19)14(3)4)10-15(5)11-18-7-8-20(18)16(6)22/h13-15,17-19H,7-12H2,1-6H3/t15?,17?,18-,19+/m0/s1. The summed E-state index contributed by atoms with van der Waals surface area (Å²) in [7, 11) is 0. The van der Waals surface area contributed by atoms with Gasteiger partial charge in [0.05, 0.1) is 0 Å². The highest BCUT2D eigenvalue weighted by Gasteiger charge is 2.41. The van der Waals surface area contributed by atoms with Crippen LogP contribution in [0.4, 0.5) is 0 Å². The van der Waals surface area contributed by atoms with Crippen LogP contribution in [0.15, 0.2) is 0 Å². The third kappa shape index (κ3) is 4.04. The van der Waals surface area contributed by atoms with Gasteiger partial charge >= 0.3 is 0 Å². The van der Waals surface area contributed by atoms with Crippen molar-refractivity contribution in [3.63, 3.8) is 0 Å². The van der Waals surface area contributed by atoms with Crippen molar-refractivity contribution < 1.29 is 4.79 Å². The Labute approximate surface area is 137 Å². The molecule has 2 aliphatic heterocycles. The summed E-state index contributed by atoms with van der Waals surface area (Å²) in [6, 6.07) is 1.99. The van der Waals surface area contributed by atoms with E-state index in [-0.39, 0.29) is 5.91 Å². The molecule has 0 saturated carbocycles. The fourth-order valence-corrected chi connectivity index (χ4v) is 4.47. The first-order valence-corrected chi connectivity index (χ1v) is 9.32. The normalized spacial score (nSPS) is 30.4. The molecule has 3 heteroatoms. The first-order valence-electron chi connectivity index (χ1n) is 9.32. The van der Waals surface area contributed by atoms with Crippen LogP contribution in [0.1, 0.15) is 67.2 Å². The number of carbonyl (C=O) groups is 1. The smallest absolute Gasteiger partial charge is 0.219 e. The van der Waals surface area contributed by atoms with E-state index in [4.69, 9.17) is 0 Å². The molecule has 2 aliphatic rings. The summed E-state index contributed by atoms with van der Waals surface area (Å²) in [5, 5.41) is 0. The van der Waals surface area contributed by atoms with Crippen LogP contribution in [0.2, 0.25) is 0 Å². The van der Waals surface area contributed by atoms with E-state index in [0.29, 0.717) is 12.1 Å². The number of carbonyl (C=O) groups excluding carboxylic acids is 1. The Morgan fingerprint density at radius 3 is 2.23 bits per heavy atom. The van der Waals surface area contributed by atoms with Gasteiger partial charge in [-0.05, 0) is 57.3 Å². The van der Waals surface area contributed by atoms with Gasteiger partial charge < -0.3 is 4.90 Å². The van der Waals surface area contributed by atoms with E-state index in [2.05, 4.69) is 44.4 Å². The molecule has 0 radical (unpaired) electrons. The molecular formula is C19H36N2O. The third-order valence-electron chi connectivity index (χ3n) is 5.72. The fourth-order valence-electron chi connectivity index (χ4n) is 4.47. The Morgan fingerprint density at radius 1 is 1.09 bits per heavy atom. The molecule has 0 bridgehead atoms. The molecule has 2 fully saturated rings. The fraction of sp³-hybridized carbons (Fsp3) is 0.947. The van der Waals surface area contributed by atoms with Gasteiger partial charge in [0.25, 0.3) is 0 Å². The molecule has 2 heterocycles. The lowest BCUT2D eigenvalue weighted by Crippen LogP contribution is -2.59. The highest BCUT2D eigenvalue weighted by atomic mass is 16.2. The Hall–Kier alpha value is -0.570. The van der Waals surface area contributed by atoms with Crippen molar-refractivity contribution in [2.45, 2.75) is 85.4 Å². The topological polar surface area (TPSA) is 23.6 Å². The van der Waals surface area contributed by atoms with Crippen LogP contribution in [0.25, 0.3) is 0 Å². The molecule has 0 aromatic heterocycles. The second-order valence-electron chi connectivity index (χ2n) is 8.48. The van der Waals surface area contributed by atoms with E-state index in [0.717, 1.165) is 30.3 Å². The van der Waals surface area contributed by atoms with Gasteiger partial charge in [0.1, 0.15) is 0 Å². The predicted octanol–water partition coefficient (Wildman–Crippen LogP) is 3.78. The van der Waals surface area contributed by atoms with Crippen molar-refractivity contribution in [1.29, 1.82) is 0 Å². The Morgan fingerprint density at radius 2 is 1.77 bits per heavy atom. The van der Waals surface area contributed by atoms with Gasteiger partial charge in [-0.15, -0.1) is 0 Å². The lowest BCUT2D eigenvalue weighted by Gasteiger charge is -2.52. The minimum atomic E-state index is 0.260. The van der Waals surface area contributed by atoms with E-state index in [1.54, 1.807) is 6.92 Å². The second-order valence-corrected chi connectivity index (χ2v) is 8.48. The number of likely N-dealkylation sites (tertiary alicyclic amines) is 2. The van der Waals surface area contributed by atoms with Gasteiger partial charge in [-0.3, -0.25) is 9.69 Å². The second kappa shape index (κ2) is 7.33. The van der Waals surface area contributed by atoms with Crippen LogP contribution in [0.3, 0.4) is 0 Å². The minimum absolute atomic E-state index is 0.260. The lowest BCUT2D eigenvalue weighted by molar-refractivity contribution is -0.137. The van der Waals surface area contributed by atoms with Gasteiger partial charge in [0.2, 0.25) is 5.91 Å². The maximum Gasteiger partial charge on any atom is 0.219 e. The SMILES string of the molecule is CC(=O)N1CC[C@H]1CC(C)CC1CN(C(C)C)[C@@H]1CC(C)C. The zero-order chi connectivity index (χ0) is 16.4. The molecule has 0 aromatic rings. The van der Waals surface area contributed by atoms with E-state index in [1.807, 2.05) is 0 Å². The lowest BCUT2D eigenvalue weighted by atomic mass is 9.75. The van der Waals surface area contributed by atoms with Crippen molar-refractivity contribution in [2.24, 2.45) is 17.8 Å². The predicted molar refractivity (Wildman–Crippen MR) is 92.8 cm³/mol. The molecule has 3 nitrogen and oxygen atoms in total. The molecule has 22 heavy (non-hydrogen) atoms. The average molecular weight is 309 g/mol. The van der Waals surface area contributed by atoms with Gasteiger partial charge in [-0.1, -0.05) is 20.8 Å². The summed E-state index contributed by atoms with van der Waals surface area (Å²) in [4.78, 5) is 16.3. The summed E-state index contributed by atoms with van der Waals surface area (Å²) in [6.45, 7) is 15.7. The van der Waals surface area contributed by atoms with Crippen LogP contribution < -0.4 is 0 Å². The Bertz CT molecular complexity index is 380. The molecule has 2 unspecified atom stereocenters. The highest BCUT2D eigenvalue weighted by Crippen LogP contribution is 2.37. The molecule has 0 N–H and O–H groups in total. The third-order valence-corrected chi connectivity index (χ3v) is 5.72. The number of rotatable bonds is 7. The average Bonchev–Trinajstić information content (AvgIpc) is 2.35. The first-order chi connectivity index (χ1) is 10.3. The van der Waals surface area contributed by atoms with Crippen molar-refractivity contribution in [3.8, 4) is 0 Å². The number of hydrogen-bond donors (Lipinski definition) is 0. The van der Waals surface area contributed by atoms with Crippen LogP contribution in [-0.2, 0) is 4.79 Å². The molecular weight excluding hydrogens is 272 g/mol. The zero-order valence-electron chi connectivity index (χ0n) is 15.5. The van der Waals surface area contributed by atoms with Gasteiger partial charge in [0, 0.05) is 38.1 Å². The molecule has 1 amide bonds. The van der Waals surface area contributed by atoms with E-state index >= 15 is 0 Å². The monoisotopic (exact) mass is 308 g/mol. The van der Waals surface area contributed by atoms with E-state index in [1.165, 1.54) is 32.2 Å². The summed E-state index contributed by atoms with van der Waals surface area (Å²) in [6.07, 6.45) is 5.08. The van der Waals surface area contributed by atoms with Gasteiger partial charge in [0.15, 0.2) is 0 Å². The van der Waals surface area contributed by atoms with Crippen molar-refractivity contribution in [1.82, 2.24) is 9.80 Å². The number of nitrogens with zero attached hydrogens (tertiary/aromatic N) is 2. The Balaban J connectivity index is 1.80. The summed E-state index contributed by atoms with van der Waals surface area (Å²) >= 11 is 0. The molecule has 128 valence electrons. The molecule has 2 rings (SSSR count). The van der Waals surface area contributed by atoms with Crippen molar-refractivity contribution in [3.05, 3.63) is 0 Å². The van der Waals surface area contributed by atoms with E-state index < -0.39 is 0 Å². The Kier molecular flexibility index (Phi) is 5.93. The molecule has 0 aromatic carbocycles. The number of hydrogen-bond acceptors (Lipinski definition) is 2.